The Hall–Kier alpha value is -0.340. The first-order valence-corrected chi connectivity index (χ1v) is 7.07. The molecule has 0 N–H and O–H groups in total. The molecule has 1 unspecified atom stereocenters. The van der Waals surface area contributed by atoms with E-state index in [0.29, 0.717) is 17.8 Å². The van der Waals surface area contributed by atoms with Gasteiger partial charge in [-0.25, -0.2) is 0 Å². The van der Waals surface area contributed by atoms with Gasteiger partial charge >= 0.3 is 29.6 Å². The van der Waals surface area contributed by atoms with Gasteiger partial charge < -0.3 is 14.8 Å². The van der Waals surface area contributed by atoms with Crippen LogP contribution in [0.1, 0.15) is 16.1 Å². The number of carboxylic acids is 1. The first-order valence-electron chi connectivity index (χ1n) is 5.31. The smallest absolute Gasteiger partial charge is 0.548 e. The number of thioether (sulfide) groups is 1. The quantitative estimate of drug-likeness (QED) is 0.553. The number of hydrogen-bond donors (Lipinski definition) is 0. The Morgan fingerprint density at radius 1 is 1.53 bits per heavy atom. The molecule has 1 aromatic heterocycles. The van der Waals surface area contributed by atoms with Crippen LogP contribution in [-0.4, -0.2) is 40.2 Å². The number of likely N-dealkylation sites (tertiary alicyclic amines) is 1. The van der Waals surface area contributed by atoms with Crippen LogP contribution in [0.5, 0.6) is 0 Å². The van der Waals surface area contributed by atoms with Crippen LogP contribution in [0.25, 0.3) is 0 Å². The Bertz CT molecular complexity index is 477. The minimum absolute atomic E-state index is 0. The summed E-state index contributed by atoms with van der Waals surface area (Å²) >= 11 is 2.30. The van der Waals surface area contributed by atoms with E-state index in [4.69, 9.17) is 0 Å². The van der Waals surface area contributed by atoms with Gasteiger partial charge in [0.15, 0.2) is 0 Å². The van der Waals surface area contributed by atoms with Crippen molar-refractivity contribution in [2.75, 3.05) is 13.1 Å². The van der Waals surface area contributed by atoms with E-state index in [2.05, 4.69) is 0 Å². The van der Waals surface area contributed by atoms with E-state index in [1.165, 1.54) is 16.2 Å². The summed E-state index contributed by atoms with van der Waals surface area (Å²) in [5.74, 6) is -1.58. The number of hydrogen-bond acceptors (Lipinski definition) is 6. The Morgan fingerprint density at radius 2 is 2.26 bits per heavy atom. The average Bonchev–Trinajstić information content (AvgIpc) is 2.93. The number of carbonyl (C=O) groups excluding carboxylic acids is 3. The molecule has 0 radical (unpaired) electrons. The number of thiophene rings is 1. The Balaban J connectivity index is 0.00000180. The summed E-state index contributed by atoms with van der Waals surface area (Å²) < 4.78 is 0. The molecule has 96 valence electrons. The standard InChI is InChI=1S/C11H11NO4S2.Na/c13-9(14)6-12-4-3-7(10(12)15)18-11(16)8-2-1-5-17-8;/h1-2,5,7H,3-4,6H2,(H,13,14);/q;+1/p-1. The summed E-state index contributed by atoms with van der Waals surface area (Å²) in [6.45, 7) is -0.0364. The largest absolute Gasteiger partial charge is 1.00 e. The number of rotatable bonds is 4. The van der Waals surface area contributed by atoms with Crippen molar-refractivity contribution in [2.45, 2.75) is 11.7 Å². The second kappa shape index (κ2) is 7.44. The van der Waals surface area contributed by atoms with Gasteiger partial charge in [-0.1, -0.05) is 17.8 Å². The van der Waals surface area contributed by atoms with Gasteiger partial charge in [0.2, 0.25) is 11.0 Å². The topological polar surface area (TPSA) is 77.5 Å². The number of aliphatic carboxylic acids is 1. The number of carboxylic acid groups (broad SMARTS) is 1. The third-order valence-corrected chi connectivity index (χ3v) is 4.69. The fourth-order valence-electron chi connectivity index (χ4n) is 1.71. The monoisotopic (exact) mass is 307 g/mol. The molecule has 0 bridgehead atoms. The van der Waals surface area contributed by atoms with Gasteiger partial charge in [0.25, 0.3) is 0 Å². The summed E-state index contributed by atoms with van der Waals surface area (Å²) in [4.78, 5) is 35.9. The normalized spacial score (nSPS) is 18.2. The van der Waals surface area contributed by atoms with Crippen molar-refractivity contribution in [1.29, 1.82) is 0 Å². The molecule has 19 heavy (non-hydrogen) atoms. The molecule has 1 amide bonds. The van der Waals surface area contributed by atoms with Crippen LogP contribution < -0.4 is 34.7 Å². The second-order valence-corrected chi connectivity index (χ2v) is 5.91. The molecule has 1 atom stereocenters. The van der Waals surface area contributed by atoms with Gasteiger partial charge in [0.05, 0.1) is 22.6 Å². The molecule has 1 fully saturated rings. The zero-order chi connectivity index (χ0) is 13.1. The van der Waals surface area contributed by atoms with Crippen LogP contribution in [-0.2, 0) is 9.59 Å². The maximum Gasteiger partial charge on any atom is 1.00 e. The molecule has 1 aliphatic heterocycles. The van der Waals surface area contributed by atoms with Crippen LogP contribution in [0.2, 0.25) is 0 Å². The van der Waals surface area contributed by atoms with Crippen molar-refractivity contribution in [1.82, 2.24) is 4.90 Å². The van der Waals surface area contributed by atoms with E-state index >= 15 is 0 Å². The van der Waals surface area contributed by atoms with Crippen molar-refractivity contribution in [3.05, 3.63) is 22.4 Å². The number of carbonyl (C=O) groups is 3. The maximum atomic E-state index is 11.8. The van der Waals surface area contributed by atoms with Crippen LogP contribution >= 0.6 is 23.1 Å². The summed E-state index contributed by atoms with van der Waals surface area (Å²) in [5, 5.41) is 11.6. The van der Waals surface area contributed by atoms with Crippen LogP contribution in [0.15, 0.2) is 17.5 Å². The summed E-state index contributed by atoms with van der Waals surface area (Å²) in [6, 6.07) is 3.48. The van der Waals surface area contributed by atoms with E-state index < -0.39 is 17.8 Å². The van der Waals surface area contributed by atoms with E-state index in [-0.39, 0.29) is 40.6 Å². The van der Waals surface area contributed by atoms with Gasteiger partial charge in [-0.05, 0) is 17.9 Å². The molecular weight excluding hydrogens is 297 g/mol. The van der Waals surface area contributed by atoms with Crippen molar-refractivity contribution >= 4 is 40.1 Å². The van der Waals surface area contributed by atoms with Crippen molar-refractivity contribution in [2.24, 2.45) is 0 Å². The molecule has 1 aromatic rings. The predicted octanol–water partition coefficient (Wildman–Crippen LogP) is -3.02. The maximum absolute atomic E-state index is 11.8. The van der Waals surface area contributed by atoms with Crippen LogP contribution in [0.3, 0.4) is 0 Å². The molecule has 1 aliphatic rings. The van der Waals surface area contributed by atoms with Crippen LogP contribution in [0.4, 0.5) is 0 Å². The SMILES string of the molecule is O=C([O-])CN1CCC(SC(=O)c2cccs2)C1=O.[Na+]. The second-order valence-electron chi connectivity index (χ2n) is 3.79. The molecule has 2 heterocycles. The predicted molar refractivity (Wildman–Crippen MR) is 66.2 cm³/mol. The minimum atomic E-state index is -1.28. The third kappa shape index (κ3) is 4.32. The van der Waals surface area contributed by atoms with Crippen molar-refractivity contribution in [3.8, 4) is 0 Å². The summed E-state index contributed by atoms with van der Waals surface area (Å²) in [5.41, 5.74) is 0. The number of amides is 1. The first-order chi connectivity index (χ1) is 8.58. The van der Waals surface area contributed by atoms with Gasteiger partial charge in [-0.15, -0.1) is 11.3 Å². The fourth-order valence-corrected chi connectivity index (χ4v) is 3.48. The Morgan fingerprint density at radius 3 is 2.84 bits per heavy atom. The van der Waals surface area contributed by atoms with Gasteiger partial charge in [-0.2, -0.15) is 0 Å². The molecule has 8 heteroatoms. The van der Waals surface area contributed by atoms with Crippen molar-refractivity contribution in [3.63, 3.8) is 0 Å². The molecule has 0 saturated carbocycles. The average molecular weight is 307 g/mol. The third-order valence-electron chi connectivity index (χ3n) is 2.54. The molecule has 0 aliphatic carbocycles. The van der Waals surface area contributed by atoms with Gasteiger partial charge in [-0.3, -0.25) is 9.59 Å². The van der Waals surface area contributed by atoms with E-state index in [1.54, 1.807) is 17.5 Å². The van der Waals surface area contributed by atoms with E-state index in [9.17, 15) is 19.5 Å². The molecule has 0 spiro atoms. The molecule has 1 saturated heterocycles. The minimum Gasteiger partial charge on any atom is -0.548 e. The van der Waals surface area contributed by atoms with Gasteiger partial charge in [0, 0.05) is 6.54 Å². The first kappa shape index (κ1) is 16.7. The summed E-state index contributed by atoms with van der Waals surface area (Å²) in [6.07, 6.45) is 0.494. The Kier molecular flexibility index (Phi) is 6.55. The van der Waals surface area contributed by atoms with Crippen molar-refractivity contribution < 1.29 is 49.0 Å². The zero-order valence-corrected chi connectivity index (χ0v) is 14.0. The van der Waals surface area contributed by atoms with E-state index in [1.807, 2.05) is 0 Å². The zero-order valence-electron chi connectivity index (χ0n) is 10.3. The number of nitrogens with zero attached hydrogens (tertiary/aromatic N) is 1. The fraction of sp³-hybridized carbons (Fsp3) is 0.364. The molecule has 0 aromatic carbocycles. The molecule has 2 rings (SSSR count). The Labute approximate surface area is 140 Å². The summed E-state index contributed by atoms with van der Waals surface area (Å²) in [7, 11) is 0. The van der Waals surface area contributed by atoms with Gasteiger partial charge in [0.1, 0.15) is 0 Å². The molecular formula is C11H10NNaO4S2. The molecule has 5 nitrogen and oxygen atoms in total. The van der Waals surface area contributed by atoms with Crippen LogP contribution in [0, 0.1) is 0 Å². The van der Waals surface area contributed by atoms with E-state index in [0.717, 1.165) is 11.8 Å².